The number of pyridine rings is 1. The van der Waals surface area contributed by atoms with Crippen LogP contribution in [0.5, 0.6) is 5.75 Å². The van der Waals surface area contributed by atoms with E-state index in [2.05, 4.69) is 4.98 Å². The van der Waals surface area contributed by atoms with Gasteiger partial charge in [-0.2, -0.15) is 0 Å². The van der Waals surface area contributed by atoms with Crippen LogP contribution < -0.4 is 15.2 Å². The van der Waals surface area contributed by atoms with Gasteiger partial charge in [-0.15, -0.1) is 0 Å². The minimum Gasteiger partial charge on any atom is -0.497 e. The molecule has 0 unspecified atom stereocenters. The van der Waals surface area contributed by atoms with Crippen LogP contribution in [0, 0.1) is 6.92 Å². The van der Waals surface area contributed by atoms with Crippen LogP contribution in [0.2, 0.25) is 0 Å². The number of carbonyl (C=O) groups excluding carboxylic acids is 1. The van der Waals surface area contributed by atoms with E-state index in [9.17, 15) is 9.59 Å². The first kappa shape index (κ1) is 19.2. The maximum Gasteiger partial charge on any atom is 0.256 e. The second-order valence-electron chi connectivity index (χ2n) is 7.34. The molecule has 1 fully saturated rings. The molecule has 0 spiro atoms. The Kier molecular flexibility index (Phi) is 5.36. The first-order valence-electron chi connectivity index (χ1n) is 9.75. The third-order valence-corrected chi connectivity index (χ3v) is 5.26. The molecule has 1 aromatic heterocycles. The highest BCUT2D eigenvalue weighted by atomic mass is 16.5. The van der Waals surface area contributed by atoms with E-state index < -0.39 is 6.10 Å². The Morgan fingerprint density at radius 1 is 1.21 bits per heavy atom. The Morgan fingerprint density at radius 2 is 2.00 bits per heavy atom. The third-order valence-electron chi connectivity index (χ3n) is 5.26. The maximum absolute atomic E-state index is 13.2. The summed E-state index contributed by atoms with van der Waals surface area (Å²) in [5.74, 6) is 0.577. The predicted molar refractivity (Wildman–Crippen MR) is 112 cm³/mol. The standard InChI is InChI=1S/C23H24N2O4/c1-15-5-10-20-16(12-15)13-17(22(26)24-20)14-25(23(27)21-4-3-11-29-21)18-6-8-19(28-2)9-7-18/h5-10,12-13,21H,3-4,11,14H2,1-2H3,(H,24,26)/t21-/m0/s1. The van der Waals surface area contributed by atoms with Crippen molar-refractivity contribution < 1.29 is 14.3 Å². The molecular weight excluding hydrogens is 368 g/mol. The third kappa shape index (κ3) is 4.03. The zero-order valence-electron chi connectivity index (χ0n) is 16.6. The molecule has 1 aliphatic heterocycles. The Balaban J connectivity index is 1.72. The van der Waals surface area contributed by atoms with Crippen molar-refractivity contribution in [2.45, 2.75) is 32.4 Å². The van der Waals surface area contributed by atoms with Crippen molar-refractivity contribution in [3.8, 4) is 5.75 Å². The second-order valence-corrected chi connectivity index (χ2v) is 7.34. The normalized spacial score (nSPS) is 16.1. The molecule has 1 saturated heterocycles. The van der Waals surface area contributed by atoms with Crippen molar-refractivity contribution in [1.29, 1.82) is 0 Å². The van der Waals surface area contributed by atoms with Gasteiger partial charge in [0.05, 0.1) is 13.7 Å². The largest absolute Gasteiger partial charge is 0.497 e. The lowest BCUT2D eigenvalue weighted by molar-refractivity contribution is -0.127. The summed E-state index contributed by atoms with van der Waals surface area (Å²) < 4.78 is 10.8. The monoisotopic (exact) mass is 392 g/mol. The van der Waals surface area contributed by atoms with E-state index in [-0.39, 0.29) is 18.0 Å². The summed E-state index contributed by atoms with van der Waals surface area (Å²) in [7, 11) is 1.60. The molecule has 0 bridgehead atoms. The summed E-state index contributed by atoms with van der Waals surface area (Å²) in [5, 5.41) is 0.943. The van der Waals surface area contributed by atoms with E-state index in [1.165, 1.54) is 0 Å². The number of hydrogen-bond acceptors (Lipinski definition) is 4. The number of nitrogens with zero attached hydrogens (tertiary/aromatic N) is 1. The summed E-state index contributed by atoms with van der Waals surface area (Å²) >= 11 is 0. The Hall–Kier alpha value is -3.12. The van der Waals surface area contributed by atoms with Crippen LogP contribution in [0.15, 0.2) is 53.3 Å². The number of aromatic amines is 1. The van der Waals surface area contributed by atoms with Crippen molar-refractivity contribution in [3.05, 3.63) is 70.0 Å². The average Bonchev–Trinajstić information content (AvgIpc) is 3.27. The predicted octanol–water partition coefficient (Wildman–Crippen LogP) is 3.56. The molecule has 1 N–H and O–H groups in total. The molecule has 6 heteroatoms. The van der Waals surface area contributed by atoms with E-state index >= 15 is 0 Å². The summed E-state index contributed by atoms with van der Waals surface area (Å²) in [4.78, 5) is 30.4. The Labute approximate surface area is 169 Å². The molecule has 29 heavy (non-hydrogen) atoms. The quantitative estimate of drug-likeness (QED) is 0.721. The van der Waals surface area contributed by atoms with Crippen molar-refractivity contribution >= 4 is 22.5 Å². The fourth-order valence-electron chi connectivity index (χ4n) is 3.66. The zero-order chi connectivity index (χ0) is 20.4. The van der Waals surface area contributed by atoms with Crippen LogP contribution in [0.1, 0.15) is 24.0 Å². The van der Waals surface area contributed by atoms with Crippen molar-refractivity contribution in [2.24, 2.45) is 0 Å². The topological polar surface area (TPSA) is 71.6 Å². The zero-order valence-corrected chi connectivity index (χ0v) is 16.6. The lowest BCUT2D eigenvalue weighted by Crippen LogP contribution is -2.39. The van der Waals surface area contributed by atoms with Gasteiger partial charge in [0.1, 0.15) is 11.9 Å². The van der Waals surface area contributed by atoms with Gasteiger partial charge in [-0.1, -0.05) is 11.6 Å². The SMILES string of the molecule is COc1ccc(N(Cc2cc3cc(C)ccc3[nH]c2=O)C(=O)[C@@H]2CCCO2)cc1. The van der Waals surface area contributed by atoms with Gasteiger partial charge in [-0.05, 0) is 67.6 Å². The van der Waals surface area contributed by atoms with Gasteiger partial charge in [0.2, 0.25) is 0 Å². The smallest absolute Gasteiger partial charge is 0.256 e. The van der Waals surface area contributed by atoms with E-state index in [0.717, 1.165) is 22.9 Å². The van der Waals surface area contributed by atoms with Crippen LogP contribution in [0.25, 0.3) is 10.9 Å². The molecule has 0 saturated carbocycles. The number of fused-ring (bicyclic) bond motifs is 1. The van der Waals surface area contributed by atoms with Gasteiger partial charge in [-0.25, -0.2) is 0 Å². The molecule has 6 nitrogen and oxygen atoms in total. The van der Waals surface area contributed by atoms with Crippen LogP contribution >= 0.6 is 0 Å². The highest BCUT2D eigenvalue weighted by Gasteiger charge is 2.29. The fourth-order valence-corrected chi connectivity index (χ4v) is 3.66. The van der Waals surface area contributed by atoms with Crippen molar-refractivity contribution in [1.82, 2.24) is 4.98 Å². The second kappa shape index (κ2) is 8.09. The highest BCUT2D eigenvalue weighted by molar-refractivity contribution is 5.96. The minimum absolute atomic E-state index is 0.128. The fraction of sp³-hybridized carbons (Fsp3) is 0.304. The minimum atomic E-state index is -0.473. The number of rotatable bonds is 5. The number of methoxy groups -OCH3 is 1. The summed E-state index contributed by atoms with van der Waals surface area (Å²) in [6.07, 6.45) is 1.08. The highest BCUT2D eigenvalue weighted by Crippen LogP contribution is 2.25. The number of hydrogen-bond donors (Lipinski definition) is 1. The molecule has 0 radical (unpaired) electrons. The van der Waals surface area contributed by atoms with E-state index in [1.807, 2.05) is 43.3 Å². The number of aromatic nitrogens is 1. The van der Waals surface area contributed by atoms with Crippen LogP contribution in [0.4, 0.5) is 5.69 Å². The summed E-state index contributed by atoms with van der Waals surface area (Å²) in [6.45, 7) is 2.77. The molecule has 2 aromatic carbocycles. The lowest BCUT2D eigenvalue weighted by atomic mass is 10.1. The number of nitrogens with one attached hydrogen (secondary N) is 1. The molecule has 2 heterocycles. The van der Waals surface area contributed by atoms with E-state index in [0.29, 0.717) is 30.0 Å². The first-order chi connectivity index (χ1) is 14.0. The van der Waals surface area contributed by atoms with E-state index in [1.54, 1.807) is 24.1 Å². The van der Waals surface area contributed by atoms with Crippen LogP contribution in [0.3, 0.4) is 0 Å². The first-order valence-corrected chi connectivity index (χ1v) is 9.75. The Morgan fingerprint density at radius 3 is 2.69 bits per heavy atom. The number of benzene rings is 2. The van der Waals surface area contributed by atoms with Gasteiger partial charge >= 0.3 is 0 Å². The number of H-pyrrole nitrogens is 1. The summed E-state index contributed by atoms with van der Waals surface area (Å²) in [5.41, 5.74) is 2.93. The number of anilines is 1. The summed E-state index contributed by atoms with van der Waals surface area (Å²) in [6, 6.07) is 15.0. The average molecular weight is 392 g/mol. The van der Waals surface area contributed by atoms with E-state index in [4.69, 9.17) is 9.47 Å². The molecule has 1 aliphatic rings. The van der Waals surface area contributed by atoms with Crippen LogP contribution in [-0.2, 0) is 16.1 Å². The molecule has 4 rings (SSSR count). The van der Waals surface area contributed by atoms with Gasteiger partial charge in [-0.3, -0.25) is 9.59 Å². The van der Waals surface area contributed by atoms with Gasteiger partial charge in [0.15, 0.2) is 0 Å². The molecule has 3 aromatic rings. The van der Waals surface area contributed by atoms with Gasteiger partial charge in [0, 0.05) is 23.4 Å². The van der Waals surface area contributed by atoms with Gasteiger partial charge in [0.25, 0.3) is 11.5 Å². The van der Waals surface area contributed by atoms with Gasteiger partial charge < -0.3 is 19.4 Å². The van der Waals surface area contributed by atoms with Crippen molar-refractivity contribution in [3.63, 3.8) is 0 Å². The lowest BCUT2D eigenvalue weighted by Gasteiger charge is -2.25. The molecule has 1 amide bonds. The maximum atomic E-state index is 13.2. The number of carbonyl (C=O) groups is 1. The van der Waals surface area contributed by atoms with Crippen LogP contribution in [-0.4, -0.2) is 30.7 Å². The Bertz CT molecular complexity index is 1080. The number of ether oxygens (including phenoxy) is 2. The molecule has 1 atom stereocenters. The number of amides is 1. The molecule has 0 aliphatic carbocycles. The molecular formula is C23H24N2O4. The number of aryl methyl sites for hydroxylation is 1. The van der Waals surface area contributed by atoms with Crippen molar-refractivity contribution in [2.75, 3.05) is 18.6 Å². The molecule has 150 valence electrons.